The van der Waals surface area contributed by atoms with Crippen molar-refractivity contribution in [3.05, 3.63) is 72.0 Å². The molecule has 0 aliphatic carbocycles. The maximum absolute atomic E-state index is 12.9. The molecule has 1 amide bonds. The van der Waals surface area contributed by atoms with Gasteiger partial charge in [0.15, 0.2) is 33.7 Å². The van der Waals surface area contributed by atoms with Crippen molar-refractivity contribution in [1.29, 1.82) is 0 Å². The van der Waals surface area contributed by atoms with Gasteiger partial charge in [-0.1, -0.05) is 49.0 Å². The average Bonchev–Trinajstić information content (AvgIpc) is 3.53. The van der Waals surface area contributed by atoms with Crippen LogP contribution in [0.2, 0.25) is 0 Å². The highest BCUT2D eigenvalue weighted by atomic mass is 32.2. The van der Waals surface area contributed by atoms with E-state index in [2.05, 4.69) is 20.5 Å². The first kappa shape index (κ1) is 23.8. The molecule has 4 rings (SSSR count). The third-order valence-corrected chi connectivity index (χ3v) is 6.98. The minimum Gasteiger partial charge on any atom is -0.493 e. The molecule has 2 aromatic heterocycles. The number of nitrogens with one attached hydrogen (secondary N) is 1. The van der Waals surface area contributed by atoms with Gasteiger partial charge in [-0.2, -0.15) is 0 Å². The Morgan fingerprint density at radius 3 is 2.53 bits per heavy atom. The van der Waals surface area contributed by atoms with Gasteiger partial charge in [-0.15, -0.1) is 21.5 Å². The lowest BCUT2D eigenvalue weighted by Gasteiger charge is -2.19. The van der Waals surface area contributed by atoms with Crippen LogP contribution in [0.15, 0.2) is 71.3 Å². The summed E-state index contributed by atoms with van der Waals surface area (Å²) in [6.07, 6.45) is 1.85. The fourth-order valence-corrected chi connectivity index (χ4v) is 4.83. The van der Waals surface area contributed by atoms with Gasteiger partial charge in [0.05, 0.1) is 12.4 Å². The van der Waals surface area contributed by atoms with Crippen molar-refractivity contribution >= 4 is 34.1 Å². The van der Waals surface area contributed by atoms with Crippen molar-refractivity contribution < 1.29 is 14.3 Å². The summed E-state index contributed by atoms with van der Waals surface area (Å²) < 4.78 is 13.6. The quantitative estimate of drug-likeness (QED) is 0.295. The number of hydrogen-bond donors (Lipinski definition) is 1. The van der Waals surface area contributed by atoms with Crippen LogP contribution in [0.1, 0.15) is 32.2 Å². The summed E-state index contributed by atoms with van der Waals surface area (Å²) in [5.74, 6) is 1.75. The zero-order chi connectivity index (χ0) is 23.9. The van der Waals surface area contributed by atoms with Crippen LogP contribution in [0.3, 0.4) is 0 Å². The smallest absolute Gasteiger partial charge is 0.239 e. The first-order valence-corrected chi connectivity index (χ1v) is 12.5. The molecule has 0 saturated heterocycles. The largest absolute Gasteiger partial charge is 0.493 e. The van der Waals surface area contributed by atoms with Gasteiger partial charge in [0.25, 0.3) is 0 Å². The molecule has 10 heteroatoms. The van der Waals surface area contributed by atoms with Crippen molar-refractivity contribution in [1.82, 2.24) is 19.7 Å². The summed E-state index contributed by atoms with van der Waals surface area (Å²) >= 11 is 2.75. The predicted molar refractivity (Wildman–Crippen MR) is 134 cm³/mol. The molecule has 0 bridgehead atoms. The Labute approximate surface area is 206 Å². The lowest BCUT2D eigenvalue weighted by molar-refractivity contribution is -0.115. The van der Waals surface area contributed by atoms with Crippen molar-refractivity contribution in [3.8, 4) is 17.2 Å². The highest BCUT2D eigenvalue weighted by Gasteiger charge is 2.26. The molecule has 0 saturated carbocycles. The number of ether oxygens (including phenoxy) is 2. The highest BCUT2D eigenvalue weighted by Crippen LogP contribution is 2.34. The topological polar surface area (TPSA) is 91.2 Å². The third kappa shape index (κ3) is 5.40. The van der Waals surface area contributed by atoms with Gasteiger partial charge >= 0.3 is 0 Å². The molecule has 8 nitrogen and oxygen atoms in total. The number of rotatable bonds is 10. The molecule has 0 aliphatic heterocycles. The van der Waals surface area contributed by atoms with Gasteiger partial charge in [0, 0.05) is 17.3 Å². The number of thiazole rings is 1. The Balaban J connectivity index is 1.63. The SMILES string of the molecule is CCC(Sc1nnc(C(C)Oc2ccccc2OC)n1-c1ccccc1)C(=O)Nc1nccs1. The van der Waals surface area contributed by atoms with E-state index in [1.807, 2.05) is 78.4 Å². The second-order valence-corrected chi connectivity index (χ2v) is 9.33. The van der Waals surface area contributed by atoms with Crippen LogP contribution in [-0.2, 0) is 4.79 Å². The Morgan fingerprint density at radius 2 is 1.85 bits per heavy atom. The molecule has 0 radical (unpaired) electrons. The van der Waals surface area contributed by atoms with E-state index >= 15 is 0 Å². The first-order valence-electron chi connectivity index (χ1n) is 10.8. The third-order valence-electron chi connectivity index (χ3n) is 4.98. The van der Waals surface area contributed by atoms with E-state index in [4.69, 9.17) is 9.47 Å². The molecule has 0 fully saturated rings. The van der Waals surface area contributed by atoms with E-state index in [0.717, 1.165) is 5.69 Å². The lowest BCUT2D eigenvalue weighted by atomic mass is 10.3. The van der Waals surface area contributed by atoms with E-state index < -0.39 is 6.10 Å². The second kappa shape index (κ2) is 11.2. The van der Waals surface area contributed by atoms with Crippen LogP contribution in [0.25, 0.3) is 5.69 Å². The molecule has 4 aromatic rings. The van der Waals surface area contributed by atoms with E-state index in [0.29, 0.717) is 34.0 Å². The first-order chi connectivity index (χ1) is 16.6. The molecule has 2 heterocycles. The number of carbonyl (C=O) groups is 1. The van der Waals surface area contributed by atoms with Crippen molar-refractivity contribution in [2.45, 2.75) is 36.8 Å². The standard InChI is InChI=1S/C24H25N5O3S2/c1-4-20(22(30)26-23-25-14-15-33-23)34-24-28-27-21(29(24)17-10-6-5-7-11-17)16(2)32-19-13-9-8-12-18(19)31-3/h5-16,20H,4H2,1-3H3,(H,25,26,30). The minimum atomic E-state index is -0.428. The van der Waals surface area contributed by atoms with Crippen LogP contribution in [0.4, 0.5) is 5.13 Å². The summed E-state index contributed by atoms with van der Waals surface area (Å²) in [6.45, 7) is 3.88. The van der Waals surface area contributed by atoms with Gasteiger partial charge in [-0.05, 0) is 37.6 Å². The molecule has 2 atom stereocenters. The molecule has 2 aromatic carbocycles. The monoisotopic (exact) mass is 495 g/mol. The number of carbonyl (C=O) groups excluding carboxylic acids is 1. The van der Waals surface area contributed by atoms with Gasteiger partial charge in [0.2, 0.25) is 5.91 Å². The number of nitrogens with zero attached hydrogens (tertiary/aromatic N) is 4. The lowest BCUT2D eigenvalue weighted by Crippen LogP contribution is -2.25. The van der Waals surface area contributed by atoms with E-state index in [9.17, 15) is 4.79 Å². The summed E-state index contributed by atoms with van der Waals surface area (Å²) in [7, 11) is 1.61. The van der Waals surface area contributed by atoms with Crippen LogP contribution in [0.5, 0.6) is 11.5 Å². The molecule has 176 valence electrons. The number of para-hydroxylation sites is 3. The summed E-state index contributed by atoms with van der Waals surface area (Å²) in [6, 6.07) is 17.3. The molecule has 0 aliphatic rings. The number of thioether (sulfide) groups is 1. The number of hydrogen-bond acceptors (Lipinski definition) is 8. The van der Waals surface area contributed by atoms with E-state index in [-0.39, 0.29) is 11.2 Å². The minimum absolute atomic E-state index is 0.120. The van der Waals surface area contributed by atoms with Crippen LogP contribution in [0, 0.1) is 0 Å². The number of benzene rings is 2. The Hall–Kier alpha value is -3.37. The average molecular weight is 496 g/mol. The Bertz CT molecular complexity index is 1210. The second-order valence-electron chi connectivity index (χ2n) is 7.26. The van der Waals surface area contributed by atoms with E-state index in [1.165, 1.54) is 23.1 Å². The number of amides is 1. The molecule has 0 spiro atoms. The van der Waals surface area contributed by atoms with Crippen molar-refractivity contribution in [2.24, 2.45) is 0 Å². The Morgan fingerprint density at radius 1 is 1.12 bits per heavy atom. The van der Waals surface area contributed by atoms with Gasteiger partial charge < -0.3 is 14.8 Å². The van der Waals surface area contributed by atoms with E-state index in [1.54, 1.807) is 13.3 Å². The highest BCUT2D eigenvalue weighted by molar-refractivity contribution is 8.00. The molecular formula is C24H25N5O3S2. The fraction of sp³-hybridized carbons (Fsp3) is 0.250. The molecule has 1 N–H and O–H groups in total. The number of methoxy groups -OCH3 is 1. The summed E-state index contributed by atoms with van der Waals surface area (Å²) in [5, 5.41) is 14.4. The number of anilines is 1. The van der Waals surface area contributed by atoms with Gasteiger partial charge in [-0.3, -0.25) is 9.36 Å². The summed E-state index contributed by atoms with van der Waals surface area (Å²) in [4.78, 5) is 17.0. The van der Waals surface area contributed by atoms with Gasteiger partial charge in [0.1, 0.15) is 0 Å². The fourth-order valence-electron chi connectivity index (χ4n) is 3.32. The maximum atomic E-state index is 12.9. The molecule has 2 unspecified atom stereocenters. The predicted octanol–water partition coefficient (Wildman–Crippen LogP) is 5.38. The molecular weight excluding hydrogens is 470 g/mol. The van der Waals surface area contributed by atoms with Crippen molar-refractivity contribution in [2.75, 3.05) is 12.4 Å². The zero-order valence-electron chi connectivity index (χ0n) is 19.0. The van der Waals surface area contributed by atoms with Crippen LogP contribution in [-0.4, -0.2) is 38.0 Å². The van der Waals surface area contributed by atoms with Crippen molar-refractivity contribution in [3.63, 3.8) is 0 Å². The van der Waals surface area contributed by atoms with Crippen LogP contribution >= 0.6 is 23.1 Å². The van der Waals surface area contributed by atoms with Gasteiger partial charge in [-0.25, -0.2) is 4.98 Å². The maximum Gasteiger partial charge on any atom is 0.239 e. The normalized spacial score (nSPS) is 12.7. The molecule has 34 heavy (non-hydrogen) atoms. The number of aromatic nitrogens is 4. The summed E-state index contributed by atoms with van der Waals surface area (Å²) in [5.41, 5.74) is 0.885. The zero-order valence-corrected chi connectivity index (χ0v) is 20.7. The Kier molecular flexibility index (Phi) is 7.81. The van der Waals surface area contributed by atoms with Crippen LogP contribution < -0.4 is 14.8 Å².